The van der Waals surface area contributed by atoms with Gasteiger partial charge in [0.2, 0.25) is 0 Å². The third-order valence-corrected chi connectivity index (χ3v) is 4.81. The highest BCUT2D eigenvalue weighted by Gasteiger charge is 2.20. The first-order chi connectivity index (χ1) is 12.5. The molecule has 0 bridgehead atoms. The third-order valence-electron chi connectivity index (χ3n) is 4.81. The van der Waals surface area contributed by atoms with E-state index >= 15 is 0 Å². The normalized spacial score (nSPS) is 16.5. The van der Waals surface area contributed by atoms with E-state index in [0.29, 0.717) is 18.7 Å². The first-order valence-electron chi connectivity index (χ1n) is 9.12. The van der Waals surface area contributed by atoms with Crippen LogP contribution < -0.4 is 9.64 Å². The molecule has 1 aliphatic heterocycles. The number of ether oxygens (including phenoxy) is 1. The van der Waals surface area contributed by atoms with Crippen molar-refractivity contribution in [2.75, 3.05) is 44.2 Å². The van der Waals surface area contributed by atoms with Gasteiger partial charge in [-0.25, -0.2) is 4.39 Å². The van der Waals surface area contributed by atoms with Gasteiger partial charge in [0.25, 0.3) is 0 Å². The Bertz CT molecular complexity index is 712. The van der Waals surface area contributed by atoms with Crippen LogP contribution >= 0.6 is 0 Å². The number of anilines is 1. The third kappa shape index (κ3) is 4.96. The van der Waals surface area contributed by atoms with Crippen LogP contribution in [0.2, 0.25) is 0 Å². The van der Waals surface area contributed by atoms with E-state index in [-0.39, 0.29) is 5.82 Å². The highest BCUT2D eigenvalue weighted by Crippen LogP contribution is 2.20. The zero-order valence-corrected chi connectivity index (χ0v) is 15.5. The quantitative estimate of drug-likeness (QED) is 0.861. The summed E-state index contributed by atoms with van der Waals surface area (Å²) in [7, 11) is 0. The van der Waals surface area contributed by atoms with E-state index in [1.165, 1.54) is 11.6 Å². The first kappa shape index (κ1) is 18.7. The molecular weight excluding hydrogens is 331 g/mol. The minimum atomic E-state index is -0.518. The summed E-state index contributed by atoms with van der Waals surface area (Å²) < 4.78 is 19.1. The van der Waals surface area contributed by atoms with Crippen molar-refractivity contribution in [2.24, 2.45) is 0 Å². The number of nitrogens with zero attached hydrogens (tertiary/aromatic N) is 2. The van der Waals surface area contributed by atoms with Gasteiger partial charge in [0.15, 0.2) is 0 Å². The fraction of sp³-hybridized carbons (Fsp3) is 0.429. The maximum Gasteiger partial charge on any atom is 0.126 e. The molecule has 0 aromatic heterocycles. The van der Waals surface area contributed by atoms with Gasteiger partial charge in [-0.1, -0.05) is 17.7 Å². The van der Waals surface area contributed by atoms with Gasteiger partial charge < -0.3 is 14.7 Å². The Kier molecular flexibility index (Phi) is 6.12. The molecule has 26 heavy (non-hydrogen) atoms. The van der Waals surface area contributed by atoms with Crippen LogP contribution in [0.5, 0.6) is 5.75 Å². The number of halogens is 1. The molecule has 1 aliphatic rings. The zero-order chi connectivity index (χ0) is 18.5. The number of hydrogen-bond acceptors (Lipinski definition) is 4. The topological polar surface area (TPSA) is 35.9 Å². The molecule has 0 amide bonds. The Morgan fingerprint density at radius 2 is 1.73 bits per heavy atom. The predicted octanol–water partition coefficient (Wildman–Crippen LogP) is 3.00. The van der Waals surface area contributed by atoms with Crippen LogP contribution in [0.1, 0.15) is 11.1 Å². The van der Waals surface area contributed by atoms with Gasteiger partial charge in [-0.2, -0.15) is 0 Å². The molecule has 0 spiro atoms. The number of piperazine rings is 1. The molecule has 1 unspecified atom stereocenters. The van der Waals surface area contributed by atoms with Gasteiger partial charge >= 0.3 is 0 Å². The number of aliphatic hydroxyl groups is 1. The predicted molar refractivity (Wildman–Crippen MR) is 102 cm³/mol. The molecular formula is C21H27FN2O2. The van der Waals surface area contributed by atoms with Crippen LogP contribution in [0.25, 0.3) is 0 Å². The average Bonchev–Trinajstić information content (AvgIpc) is 2.64. The van der Waals surface area contributed by atoms with Crippen molar-refractivity contribution in [3.05, 3.63) is 59.4 Å². The molecule has 5 heteroatoms. The van der Waals surface area contributed by atoms with Crippen molar-refractivity contribution in [3.8, 4) is 5.75 Å². The number of aliphatic hydroxyl groups excluding tert-OH is 1. The van der Waals surface area contributed by atoms with Crippen LogP contribution in [0, 0.1) is 19.7 Å². The van der Waals surface area contributed by atoms with Gasteiger partial charge in [-0.05, 0) is 49.7 Å². The average molecular weight is 358 g/mol. The molecule has 2 aromatic rings. The summed E-state index contributed by atoms with van der Waals surface area (Å²) in [6.45, 7) is 8.21. The van der Waals surface area contributed by atoms with E-state index in [2.05, 4.69) is 9.80 Å². The van der Waals surface area contributed by atoms with Crippen LogP contribution in [0.4, 0.5) is 10.1 Å². The second-order valence-electron chi connectivity index (χ2n) is 7.00. The minimum absolute atomic E-state index is 0.163. The summed E-state index contributed by atoms with van der Waals surface area (Å²) in [6.07, 6.45) is -0.518. The lowest BCUT2D eigenvalue weighted by Gasteiger charge is -2.37. The Morgan fingerprint density at radius 1 is 1.04 bits per heavy atom. The molecule has 2 aromatic carbocycles. The monoisotopic (exact) mass is 358 g/mol. The molecule has 0 radical (unpaired) electrons. The standard InChI is InChI=1S/C21H27FN2O2/c1-16-3-6-20(7-4-16)26-15-19(25)14-23-9-11-24(12-10-23)18-5-8-21(22)17(2)13-18/h3-8,13,19,25H,9-12,14-15H2,1-2H3. The number of hydrogen-bond donors (Lipinski definition) is 1. The zero-order valence-electron chi connectivity index (χ0n) is 15.5. The summed E-state index contributed by atoms with van der Waals surface area (Å²) in [6, 6.07) is 13.1. The molecule has 1 atom stereocenters. The lowest BCUT2D eigenvalue weighted by molar-refractivity contribution is 0.0663. The summed E-state index contributed by atoms with van der Waals surface area (Å²) in [5.74, 6) is 0.621. The van der Waals surface area contributed by atoms with Crippen LogP contribution in [0.15, 0.2) is 42.5 Å². The molecule has 4 nitrogen and oxygen atoms in total. The second kappa shape index (κ2) is 8.52. The van der Waals surface area contributed by atoms with Gasteiger partial charge in [0.05, 0.1) is 0 Å². The molecule has 1 fully saturated rings. The maximum atomic E-state index is 13.4. The lowest BCUT2D eigenvalue weighted by Crippen LogP contribution is -2.49. The van der Waals surface area contributed by atoms with Crippen molar-refractivity contribution in [1.29, 1.82) is 0 Å². The Balaban J connectivity index is 1.43. The Hall–Kier alpha value is -2.11. The number of aryl methyl sites for hydroxylation is 2. The van der Waals surface area contributed by atoms with Crippen LogP contribution in [-0.4, -0.2) is 55.4 Å². The molecule has 1 N–H and O–H groups in total. The summed E-state index contributed by atoms with van der Waals surface area (Å²) >= 11 is 0. The van der Waals surface area contributed by atoms with E-state index in [9.17, 15) is 9.50 Å². The van der Waals surface area contributed by atoms with E-state index in [4.69, 9.17) is 4.74 Å². The van der Waals surface area contributed by atoms with Gasteiger partial charge in [0, 0.05) is 38.4 Å². The van der Waals surface area contributed by atoms with E-state index in [1.807, 2.05) is 43.3 Å². The maximum absolute atomic E-state index is 13.4. The largest absolute Gasteiger partial charge is 0.491 e. The summed E-state index contributed by atoms with van der Waals surface area (Å²) in [5.41, 5.74) is 2.92. The first-order valence-corrected chi connectivity index (χ1v) is 9.12. The molecule has 140 valence electrons. The number of β-amino-alcohol motifs (C(OH)–C–C–N with tert-alkyl or cyclic N) is 1. The van der Waals surface area contributed by atoms with Crippen LogP contribution in [0.3, 0.4) is 0 Å². The summed E-state index contributed by atoms with van der Waals surface area (Å²) in [5, 5.41) is 10.2. The fourth-order valence-electron chi connectivity index (χ4n) is 3.19. The lowest BCUT2D eigenvalue weighted by atomic mass is 10.1. The van der Waals surface area contributed by atoms with Crippen LogP contribution in [-0.2, 0) is 0 Å². The van der Waals surface area contributed by atoms with Crippen molar-refractivity contribution >= 4 is 5.69 Å². The smallest absolute Gasteiger partial charge is 0.126 e. The molecule has 0 aliphatic carbocycles. The van der Waals surface area contributed by atoms with Crippen molar-refractivity contribution in [2.45, 2.75) is 20.0 Å². The highest BCUT2D eigenvalue weighted by atomic mass is 19.1. The summed E-state index contributed by atoms with van der Waals surface area (Å²) in [4.78, 5) is 4.51. The highest BCUT2D eigenvalue weighted by molar-refractivity contribution is 5.49. The molecule has 1 saturated heterocycles. The Morgan fingerprint density at radius 3 is 2.38 bits per heavy atom. The van der Waals surface area contributed by atoms with Crippen molar-refractivity contribution in [3.63, 3.8) is 0 Å². The van der Waals surface area contributed by atoms with Crippen molar-refractivity contribution in [1.82, 2.24) is 4.90 Å². The SMILES string of the molecule is Cc1ccc(OCC(O)CN2CCN(c3ccc(F)c(C)c3)CC2)cc1. The van der Waals surface area contributed by atoms with Crippen molar-refractivity contribution < 1.29 is 14.2 Å². The van der Waals surface area contributed by atoms with E-state index < -0.39 is 6.10 Å². The van der Waals surface area contributed by atoms with Gasteiger partial charge in [0.1, 0.15) is 24.3 Å². The fourth-order valence-corrected chi connectivity index (χ4v) is 3.19. The number of benzene rings is 2. The van der Waals surface area contributed by atoms with Gasteiger partial charge in [-0.15, -0.1) is 0 Å². The number of rotatable bonds is 6. The molecule has 3 rings (SSSR count). The second-order valence-corrected chi connectivity index (χ2v) is 7.00. The van der Waals surface area contributed by atoms with E-state index in [0.717, 1.165) is 37.6 Å². The Labute approximate surface area is 154 Å². The molecule has 1 heterocycles. The van der Waals surface area contributed by atoms with Gasteiger partial charge in [-0.3, -0.25) is 4.90 Å². The minimum Gasteiger partial charge on any atom is -0.491 e. The van der Waals surface area contributed by atoms with E-state index in [1.54, 1.807) is 6.92 Å². The molecule has 0 saturated carbocycles.